The molecule has 0 fully saturated rings. The molecule has 0 amide bonds. The van der Waals surface area contributed by atoms with Gasteiger partial charge in [0.05, 0.1) is 5.75 Å². The van der Waals surface area contributed by atoms with Crippen molar-refractivity contribution < 1.29 is 8.42 Å². The van der Waals surface area contributed by atoms with E-state index in [0.29, 0.717) is 24.2 Å². The summed E-state index contributed by atoms with van der Waals surface area (Å²) >= 11 is 4.90. The molecule has 0 saturated heterocycles. The third-order valence-electron chi connectivity index (χ3n) is 3.21. The number of nitrogens with one attached hydrogen (secondary N) is 1. The summed E-state index contributed by atoms with van der Waals surface area (Å²) < 4.78 is 26.7. The Hall–Kier alpha value is -1.02. The van der Waals surface area contributed by atoms with Crippen LogP contribution in [-0.4, -0.2) is 44.5 Å². The Balaban J connectivity index is 2.60. The number of rotatable bonds is 9. The van der Waals surface area contributed by atoms with Crippen molar-refractivity contribution in [2.24, 2.45) is 5.73 Å². The van der Waals surface area contributed by atoms with Crippen LogP contribution in [0.4, 0.5) is 0 Å². The van der Waals surface area contributed by atoms with Crippen molar-refractivity contribution in [1.29, 1.82) is 0 Å². The van der Waals surface area contributed by atoms with Gasteiger partial charge in [-0.25, -0.2) is 13.1 Å². The Morgan fingerprint density at radius 2 is 2.00 bits per heavy atom. The van der Waals surface area contributed by atoms with Crippen molar-refractivity contribution in [3.8, 4) is 0 Å². The second-order valence-electron chi connectivity index (χ2n) is 4.74. The molecule has 1 aromatic rings. The average molecular weight is 329 g/mol. The summed E-state index contributed by atoms with van der Waals surface area (Å²) in [5, 5.41) is 0. The van der Waals surface area contributed by atoms with E-state index in [0.717, 1.165) is 13.1 Å². The topological polar surface area (TPSA) is 75.4 Å². The van der Waals surface area contributed by atoms with Crippen LogP contribution in [0.1, 0.15) is 25.0 Å². The van der Waals surface area contributed by atoms with Crippen molar-refractivity contribution in [2.75, 3.05) is 26.2 Å². The first kappa shape index (κ1) is 18.0. The molecule has 118 valence electrons. The van der Waals surface area contributed by atoms with E-state index in [9.17, 15) is 8.42 Å². The third kappa shape index (κ3) is 6.52. The summed E-state index contributed by atoms with van der Waals surface area (Å²) in [7, 11) is -3.35. The molecule has 0 aliphatic heterocycles. The number of nitrogens with two attached hydrogens (primary N) is 1. The van der Waals surface area contributed by atoms with E-state index in [-0.39, 0.29) is 10.7 Å². The summed E-state index contributed by atoms with van der Waals surface area (Å²) in [4.78, 5) is 2.43. The van der Waals surface area contributed by atoms with E-state index < -0.39 is 10.0 Å². The first-order valence-electron chi connectivity index (χ1n) is 6.96. The normalized spacial score (nSPS) is 11.8. The molecule has 1 aromatic carbocycles. The van der Waals surface area contributed by atoms with Gasteiger partial charge in [0.1, 0.15) is 4.99 Å². The monoisotopic (exact) mass is 329 g/mol. The van der Waals surface area contributed by atoms with Crippen molar-refractivity contribution in [3.05, 3.63) is 35.4 Å². The maximum absolute atomic E-state index is 12.0. The first-order valence-corrected chi connectivity index (χ1v) is 9.02. The predicted molar refractivity (Wildman–Crippen MR) is 90.7 cm³/mol. The Labute approximate surface area is 132 Å². The molecular weight excluding hydrogens is 306 g/mol. The molecule has 0 aliphatic rings. The Morgan fingerprint density at radius 1 is 1.33 bits per heavy atom. The summed E-state index contributed by atoms with van der Waals surface area (Å²) in [5.41, 5.74) is 6.91. The van der Waals surface area contributed by atoms with Gasteiger partial charge in [-0.3, -0.25) is 0 Å². The minimum absolute atomic E-state index is 0.0678. The molecule has 0 atom stereocenters. The summed E-state index contributed by atoms with van der Waals surface area (Å²) in [6.45, 7) is 7.05. The van der Waals surface area contributed by atoms with Gasteiger partial charge in [0, 0.05) is 18.7 Å². The predicted octanol–water partition coefficient (Wildman–Crippen LogP) is 1.08. The van der Waals surface area contributed by atoms with E-state index in [2.05, 4.69) is 23.5 Å². The van der Waals surface area contributed by atoms with Crippen LogP contribution < -0.4 is 10.5 Å². The third-order valence-corrected chi connectivity index (χ3v) is 4.81. The lowest BCUT2D eigenvalue weighted by Crippen LogP contribution is -2.35. The molecule has 5 nitrogen and oxygen atoms in total. The quantitative estimate of drug-likeness (QED) is 0.663. The van der Waals surface area contributed by atoms with Crippen LogP contribution in [0.2, 0.25) is 0 Å². The molecule has 0 unspecified atom stereocenters. The molecule has 0 spiro atoms. The highest BCUT2D eigenvalue weighted by molar-refractivity contribution is 7.88. The fraction of sp³-hybridized carbons (Fsp3) is 0.500. The van der Waals surface area contributed by atoms with Gasteiger partial charge in [-0.1, -0.05) is 44.3 Å². The second kappa shape index (κ2) is 8.43. The lowest BCUT2D eigenvalue weighted by atomic mass is 10.1. The highest BCUT2D eigenvalue weighted by atomic mass is 32.2. The molecule has 3 N–H and O–H groups in total. The van der Waals surface area contributed by atoms with E-state index >= 15 is 0 Å². The largest absolute Gasteiger partial charge is 0.389 e. The molecule has 7 heteroatoms. The van der Waals surface area contributed by atoms with Gasteiger partial charge in [0.25, 0.3) is 0 Å². The molecule has 0 aliphatic carbocycles. The zero-order valence-corrected chi connectivity index (χ0v) is 14.1. The van der Waals surface area contributed by atoms with Crippen LogP contribution in [0, 0.1) is 0 Å². The van der Waals surface area contributed by atoms with Crippen molar-refractivity contribution >= 4 is 27.2 Å². The lowest BCUT2D eigenvalue weighted by molar-refractivity contribution is 0.309. The standard InChI is InChI=1S/C14H23N3O2S2/c1-3-17(4-2)9-8-16-21(18,19)11-12-6-5-7-13(10-12)14(15)20/h5-7,10,16H,3-4,8-9,11H2,1-2H3,(H2,15,20). The zero-order valence-electron chi connectivity index (χ0n) is 12.5. The van der Waals surface area contributed by atoms with Gasteiger partial charge >= 0.3 is 0 Å². The van der Waals surface area contributed by atoms with Gasteiger partial charge < -0.3 is 10.6 Å². The molecule has 0 bridgehead atoms. The second-order valence-corrected chi connectivity index (χ2v) is 6.99. The van der Waals surface area contributed by atoms with E-state index in [1.165, 1.54) is 0 Å². The molecule has 0 heterocycles. The van der Waals surface area contributed by atoms with Gasteiger partial charge in [-0.05, 0) is 24.7 Å². The minimum Gasteiger partial charge on any atom is -0.389 e. The minimum atomic E-state index is -3.35. The van der Waals surface area contributed by atoms with Crippen LogP contribution in [-0.2, 0) is 15.8 Å². The number of benzene rings is 1. The highest BCUT2D eigenvalue weighted by Crippen LogP contribution is 2.08. The molecule has 0 aromatic heterocycles. The summed E-state index contributed by atoms with van der Waals surface area (Å²) in [5.74, 6) is -0.0678. The lowest BCUT2D eigenvalue weighted by Gasteiger charge is -2.18. The molecule has 0 radical (unpaired) electrons. The van der Waals surface area contributed by atoms with E-state index in [1.54, 1.807) is 24.3 Å². The van der Waals surface area contributed by atoms with Crippen LogP contribution in [0.25, 0.3) is 0 Å². The van der Waals surface area contributed by atoms with Crippen molar-refractivity contribution in [3.63, 3.8) is 0 Å². The van der Waals surface area contributed by atoms with Crippen LogP contribution in [0.3, 0.4) is 0 Å². The van der Waals surface area contributed by atoms with Crippen LogP contribution in [0.5, 0.6) is 0 Å². The van der Waals surface area contributed by atoms with E-state index in [1.807, 2.05) is 0 Å². The number of likely N-dealkylation sites (N-methyl/N-ethyl adjacent to an activating group) is 1. The molecule has 0 saturated carbocycles. The Kier molecular flexibility index (Phi) is 7.24. The molecular formula is C14H23N3O2S2. The van der Waals surface area contributed by atoms with Crippen LogP contribution in [0.15, 0.2) is 24.3 Å². The van der Waals surface area contributed by atoms with E-state index in [4.69, 9.17) is 18.0 Å². The maximum Gasteiger partial charge on any atom is 0.215 e. The number of hydrogen-bond donors (Lipinski definition) is 2. The van der Waals surface area contributed by atoms with Crippen LogP contribution >= 0.6 is 12.2 Å². The van der Waals surface area contributed by atoms with Gasteiger partial charge in [0.2, 0.25) is 10.0 Å². The smallest absolute Gasteiger partial charge is 0.215 e. The zero-order chi connectivity index (χ0) is 15.9. The number of hydrogen-bond acceptors (Lipinski definition) is 4. The highest BCUT2D eigenvalue weighted by Gasteiger charge is 2.12. The van der Waals surface area contributed by atoms with Gasteiger partial charge in [0.15, 0.2) is 0 Å². The number of thiocarbonyl (C=S) groups is 1. The number of nitrogens with zero attached hydrogens (tertiary/aromatic N) is 1. The van der Waals surface area contributed by atoms with Gasteiger partial charge in [-0.15, -0.1) is 0 Å². The van der Waals surface area contributed by atoms with Crippen molar-refractivity contribution in [1.82, 2.24) is 9.62 Å². The van der Waals surface area contributed by atoms with Gasteiger partial charge in [-0.2, -0.15) is 0 Å². The van der Waals surface area contributed by atoms with Crippen molar-refractivity contribution in [2.45, 2.75) is 19.6 Å². The Morgan fingerprint density at radius 3 is 2.57 bits per heavy atom. The Bertz CT molecular complexity index is 569. The summed E-state index contributed by atoms with van der Waals surface area (Å²) in [6, 6.07) is 7.00. The molecule has 1 rings (SSSR count). The first-order chi connectivity index (χ1) is 9.88. The fourth-order valence-electron chi connectivity index (χ4n) is 1.98. The maximum atomic E-state index is 12.0. The SMILES string of the molecule is CCN(CC)CCNS(=O)(=O)Cc1cccc(C(N)=S)c1. The number of sulfonamides is 1. The molecule has 21 heavy (non-hydrogen) atoms. The fourth-order valence-corrected chi connectivity index (χ4v) is 3.23. The average Bonchev–Trinajstić information content (AvgIpc) is 2.43. The summed E-state index contributed by atoms with van der Waals surface area (Å²) in [6.07, 6.45) is 0.